The molecule has 2 rings (SSSR count). The number of halogens is 1. The van der Waals surface area contributed by atoms with Gasteiger partial charge in [0.25, 0.3) is 11.6 Å². The number of hydrogen-bond acceptors (Lipinski definition) is 3. The number of nitrogens with zero attached hydrogens (tertiary/aromatic N) is 2. The zero-order valence-electron chi connectivity index (χ0n) is 11.3. The molecule has 0 aromatic heterocycles. The van der Waals surface area contributed by atoms with Gasteiger partial charge in [0.1, 0.15) is 0 Å². The summed E-state index contributed by atoms with van der Waals surface area (Å²) >= 11 is 5.86. The van der Waals surface area contributed by atoms with Crippen molar-refractivity contribution in [3.8, 4) is 0 Å². The van der Waals surface area contributed by atoms with E-state index in [1.165, 1.54) is 6.07 Å². The average Bonchev–Trinajstić information content (AvgIpc) is 2.46. The number of nitro benzene ring substituents is 1. The number of likely N-dealkylation sites (tertiary alicyclic amines) is 1. The van der Waals surface area contributed by atoms with Gasteiger partial charge >= 0.3 is 0 Å². The second-order valence-electron chi connectivity index (χ2n) is 5.17. The van der Waals surface area contributed by atoms with Crippen molar-refractivity contribution in [3.63, 3.8) is 0 Å². The molecule has 0 aliphatic carbocycles. The van der Waals surface area contributed by atoms with Crippen molar-refractivity contribution in [2.75, 3.05) is 19.0 Å². The maximum absolute atomic E-state index is 12.4. The minimum absolute atomic E-state index is 0.0123. The van der Waals surface area contributed by atoms with E-state index in [1.54, 1.807) is 24.0 Å². The fourth-order valence-corrected chi connectivity index (χ4v) is 2.75. The lowest BCUT2D eigenvalue weighted by Gasteiger charge is -2.31. The van der Waals surface area contributed by atoms with E-state index in [4.69, 9.17) is 11.6 Å². The first-order chi connectivity index (χ1) is 9.52. The summed E-state index contributed by atoms with van der Waals surface area (Å²) in [5.41, 5.74) is 0.920. The fraction of sp³-hybridized carbons (Fsp3) is 0.500. The van der Waals surface area contributed by atoms with Crippen molar-refractivity contribution in [1.29, 1.82) is 0 Å². The second kappa shape index (κ2) is 6.22. The van der Waals surface area contributed by atoms with Crippen LogP contribution in [0.2, 0.25) is 0 Å². The predicted octanol–water partition coefficient (Wildman–Crippen LogP) is 2.99. The summed E-state index contributed by atoms with van der Waals surface area (Å²) in [5.74, 6) is 0.704. The highest BCUT2D eigenvalue weighted by Gasteiger charge is 2.25. The van der Waals surface area contributed by atoms with Gasteiger partial charge in [-0.2, -0.15) is 0 Å². The fourth-order valence-electron chi connectivity index (χ4n) is 2.50. The number of amides is 1. The van der Waals surface area contributed by atoms with Gasteiger partial charge in [-0.25, -0.2) is 0 Å². The van der Waals surface area contributed by atoms with Gasteiger partial charge in [0.05, 0.1) is 4.92 Å². The lowest BCUT2D eigenvalue weighted by atomic mass is 9.99. The molecule has 1 aliphatic rings. The van der Waals surface area contributed by atoms with E-state index in [-0.39, 0.29) is 11.6 Å². The molecule has 1 atom stereocenters. The maximum Gasteiger partial charge on any atom is 0.273 e. The lowest BCUT2D eigenvalue weighted by Crippen LogP contribution is -2.40. The molecule has 5 nitrogen and oxygen atoms in total. The van der Waals surface area contributed by atoms with Gasteiger partial charge in [0.2, 0.25) is 0 Å². The van der Waals surface area contributed by atoms with Crippen molar-refractivity contribution < 1.29 is 9.72 Å². The predicted molar refractivity (Wildman–Crippen MR) is 77.2 cm³/mol. The third-order valence-corrected chi connectivity index (χ3v) is 4.11. The summed E-state index contributed by atoms with van der Waals surface area (Å²) in [4.78, 5) is 24.6. The quantitative estimate of drug-likeness (QED) is 0.489. The number of carbonyl (C=O) groups is 1. The Balaban J connectivity index is 2.20. The molecule has 6 heteroatoms. The molecule has 1 unspecified atom stereocenters. The molecule has 20 heavy (non-hydrogen) atoms. The Morgan fingerprint density at radius 2 is 2.30 bits per heavy atom. The molecule has 1 saturated heterocycles. The normalized spacial score (nSPS) is 18.9. The molecule has 1 fully saturated rings. The van der Waals surface area contributed by atoms with Gasteiger partial charge in [-0.3, -0.25) is 14.9 Å². The first-order valence-electron chi connectivity index (χ1n) is 6.63. The Bertz CT molecular complexity index is 533. The van der Waals surface area contributed by atoms with Crippen molar-refractivity contribution in [3.05, 3.63) is 39.4 Å². The van der Waals surface area contributed by atoms with Crippen LogP contribution in [0.15, 0.2) is 18.2 Å². The third-order valence-electron chi connectivity index (χ3n) is 3.68. The van der Waals surface area contributed by atoms with Gasteiger partial charge in [0, 0.05) is 36.2 Å². The SMILES string of the molecule is Cc1ccc(C(=O)N2CCCC(CCl)C2)cc1[N+](=O)[O-]. The monoisotopic (exact) mass is 296 g/mol. The van der Waals surface area contributed by atoms with Crippen LogP contribution in [-0.4, -0.2) is 34.7 Å². The Morgan fingerprint density at radius 3 is 2.95 bits per heavy atom. The molecule has 1 amide bonds. The molecule has 0 bridgehead atoms. The van der Waals surface area contributed by atoms with Crippen molar-refractivity contribution in [1.82, 2.24) is 4.90 Å². The maximum atomic E-state index is 12.4. The highest BCUT2D eigenvalue weighted by Crippen LogP contribution is 2.23. The van der Waals surface area contributed by atoms with Crippen LogP contribution >= 0.6 is 11.6 Å². The number of nitro groups is 1. The topological polar surface area (TPSA) is 63.5 Å². The van der Waals surface area contributed by atoms with E-state index >= 15 is 0 Å². The highest BCUT2D eigenvalue weighted by molar-refractivity contribution is 6.18. The number of rotatable bonds is 3. The lowest BCUT2D eigenvalue weighted by molar-refractivity contribution is -0.385. The molecule has 0 spiro atoms. The number of piperidine rings is 1. The van der Waals surface area contributed by atoms with Gasteiger partial charge in [-0.15, -0.1) is 11.6 Å². The summed E-state index contributed by atoms with van der Waals surface area (Å²) in [6, 6.07) is 4.63. The molecule has 1 aromatic carbocycles. The molecule has 108 valence electrons. The number of carbonyl (C=O) groups excluding carboxylic acids is 1. The molecule has 0 N–H and O–H groups in total. The minimum atomic E-state index is -0.454. The largest absolute Gasteiger partial charge is 0.338 e. The molecule has 0 saturated carbocycles. The van der Waals surface area contributed by atoms with Gasteiger partial charge in [-0.1, -0.05) is 6.07 Å². The molecule has 0 radical (unpaired) electrons. The minimum Gasteiger partial charge on any atom is -0.338 e. The highest BCUT2D eigenvalue weighted by atomic mass is 35.5. The van der Waals surface area contributed by atoms with Crippen LogP contribution in [0, 0.1) is 23.0 Å². The van der Waals surface area contributed by atoms with Crippen LogP contribution in [0.4, 0.5) is 5.69 Å². The zero-order valence-corrected chi connectivity index (χ0v) is 12.1. The summed E-state index contributed by atoms with van der Waals surface area (Å²) in [6.07, 6.45) is 1.96. The molecule has 1 aromatic rings. The van der Waals surface area contributed by atoms with Crippen LogP contribution in [0.5, 0.6) is 0 Å². The first-order valence-corrected chi connectivity index (χ1v) is 7.16. The van der Waals surface area contributed by atoms with E-state index in [9.17, 15) is 14.9 Å². The number of hydrogen-bond donors (Lipinski definition) is 0. The smallest absolute Gasteiger partial charge is 0.273 e. The standard InChI is InChI=1S/C14H17ClN2O3/c1-10-4-5-12(7-13(10)17(19)20)14(18)16-6-2-3-11(8-15)9-16/h4-5,7,11H,2-3,6,8-9H2,1H3. The van der Waals surface area contributed by atoms with Crippen LogP contribution in [0.25, 0.3) is 0 Å². The summed E-state index contributed by atoms with van der Waals surface area (Å²) < 4.78 is 0. The summed E-state index contributed by atoms with van der Waals surface area (Å²) in [6.45, 7) is 2.98. The van der Waals surface area contributed by atoms with Crippen molar-refractivity contribution in [2.24, 2.45) is 5.92 Å². The van der Waals surface area contributed by atoms with Crippen LogP contribution in [-0.2, 0) is 0 Å². The summed E-state index contributed by atoms with van der Waals surface area (Å²) in [5, 5.41) is 10.9. The van der Waals surface area contributed by atoms with E-state index in [0.29, 0.717) is 36.0 Å². The van der Waals surface area contributed by atoms with Crippen LogP contribution < -0.4 is 0 Å². The second-order valence-corrected chi connectivity index (χ2v) is 5.48. The van der Waals surface area contributed by atoms with E-state index in [2.05, 4.69) is 0 Å². The van der Waals surface area contributed by atoms with Crippen LogP contribution in [0.1, 0.15) is 28.8 Å². The number of alkyl halides is 1. The Morgan fingerprint density at radius 1 is 1.55 bits per heavy atom. The molecule has 1 heterocycles. The first kappa shape index (κ1) is 14.8. The molecule has 1 aliphatic heterocycles. The average molecular weight is 297 g/mol. The van der Waals surface area contributed by atoms with Crippen LogP contribution in [0.3, 0.4) is 0 Å². The van der Waals surface area contributed by atoms with E-state index < -0.39 is 4.92 Å². The van der Waals surface area contributed by atoms with Gasteiger partial charge in [-0.05, 0) is 31.7 Å². The Kier molecular flexibility index (Phi) is 4.60. The molecular weight excluding hydrogens is 280 g/mol. The van der Waals surface area contributed by atoms with E-state index in [0.717, 1.165) is 12.8 Å². The zero-order chi connectivity index (χ0) is 14.7. The third kappa shape index (κ3) is 3.10. The molecular formula is C14H17ClN2O3. The Hall–Kier alpha value is -1.62. The van der Waals surface area contributed by atoms with Gasteiger partial charge < -0.3 is 4.90 Å². The number of benzene rings is 1. The van der Waals surface area contributed by atoms with Crippen molar-refractivity contribution >= 4 is 23.2 Å². The van der Waals surface area contributed by atoms with Crippen molar-refractivity contribution in [2.45, 2.75) is 19.8 Å². The Labute approximate surface area is 122 Å². The number of aryl methyl sites for hydroxylation is 1. The van der Waals surface area contributed by atoms with Gasteiger partial charge in [0.15, 0.2) is 0 Å². The van der Waals surface area contributed by atoms with E-state index in [1.807, 2.05) is 0 Å². The summed E-state index contributed by atoms with van der Waals surface area (Å²) in [7, 11) is 0.